The van der Waals surface area contributed by atoms with E-state index in [-0.39, 0.29) is 11.9 Å². The molecule has 2 aliphatic rings. The number of carbonyl (C=O) groups excluding carboxylic acids is 1. The van der Waals surface area contributed by atoms with Gasteiger partial charge in [-0.3, -0.25) is 9.69 Å². The van der Waals surface area contributed by atoms with Crippen molar-refractivity contribution in [3.8, 4) is 11.8 Å². The summed E-state index contributed by atoms with van der Waals surface area (Å²) in [6.45, 7) is 5.23. The molecule has 1 aliphatic carbocycles. The molecule has 1 N–H and O–H groups in total. The van der Waals surface area contributed by atoms with Crippen LogP contribution in [0.15, 0.2) is 17.5 Å². The molecule has 1 aliphatic heterocycles. The number of hydrogen-bond donors (Lipinski definition) is 1. The van der Waals surface area contributed by atoms with E-state index in [1.165, 1.54) is 24.1 Å². The Labute approximate surface area is 143 Å². The molecule has 4 heteroatoms. The second kappa shape index (κ2) is 7.99. The van der Waals surface area contributed by atoms with E-state index in [1.54, 1.807) is 11.3 Å². The van der Waals surface area contributed by atoms with E-state index >= 15 is 0 Å². The molecule has 3 nitrogen and oxygen atoms in total. The lowest BCUT2D eigenvalue weighted by atomic mass is 9.86. The predicted octanol–water partition coefficient (Wildman–Crippen LogP) is 3.44. The van der Waals surface area contributed by atoms with E-state index in [4.69, 9.17) is 0 Å². The SMILES string of the molecule is CC1CCN([C@@H](CNC(=O)C#CC2CCC2)c2cccs2)CC1. The van der Waals surface area contributed by atoms with Crippen molar-refractivity contribution in [2.75, 3.05) is 19.6 Å². The van der Waals surface area contributed by atoms with Gasteiger partial charge in [-0.05, 0) is 62.1 Å². The van der Waals surface area contributed by atoms with E-state index in [9.17, 15) is 4.79 Å². The van der Waals surface area contributed by atoms with Gasteiger partial charge >= 0.3 is 0 Å². The standard InChI is InChI=1S/C19H26N2OS/c1-15-9-11-21(12-10-15)17(18-6-3-13-23-18)14-20-19(22)8-7-16-4-2-5-16/h3,6,13,15-17H,2,4-5,9-12,14H2,1H3,(H,20,22)/t17-/m0/s1. The summed E-state index contributed by atoms with van der Waals surface area (Å²) in [7, 11) is 0. The predicted molar refractivity (Wildman–Crippen MR) is 95.2 cm³/mol. The van der Waals surface area contributed by atoms with Gasteiger partial charge < -0.3 is 5.32 Å². The zero-order chi connectivity index (χ0) is 16.1. The van der Waals surface area contributed by atoms with Crippen LogP contribution >= 0.6 is 11.3 Å². The van der Waals surface area contributed by atoms with Crippen LogP contribution in [0.2, 0.25) is 0 Å². The molecule has 1 amide bonds. The number of likely N-dealkylation sites (tertiary alicyclic amines) is 1. The molecule has 0 bridgehead atoms. The van der Waals surface area contributed by atoms with Crippen LogP contribution in [-0.4, -0.2) is 30.4 Å². The molecule has 2 fully saturated rings. The number of carbonyl (C=O) groups is 1. The first-order valence-electron chi connectivity index (χ1n) is 8.79. The van der Waals surface area contributed by atoms with Crippen molar-refractivity contribution in [2.45, 2.75) is 45.1 Å². The van der Waals surface area contributed by atoms with E-state index in [2.05, 4.69) is 46.5 Å². The van der Waals surface area contributed by atoms with Crippen molar-refractivity contribution in [3.63, 3.8) is 0 Å². The van der Waals surface area contributed by atoms with E-state index in [1.807, 2.05) is 0 Å². The Morgan fingerprint density at radius 2 is 2.17 bits per heavy atom. The quantitative estimate of drug-likeness (QED) is 0.858. The molecule has 0 aromatic carbocycles. The third kappa shape index (κ3) is 4.59. The maximum absolute atomic E-state index is 12.0. The fourth-order valence-electron chi connectivity index (χ4n) is 3.18. The Hall–Kier alpha value is -1.31. The Balaban J connectivity index is 1.57. The molecule has 23 heavy (non-hydrogen) atoms. The fraction of sp³-hybridized carbons (Fsp3) is 0.632. The molecular weight excluding hydrogens is 304 g/mol. The minimum absolute atomic E-state index is 0.121. The summed E-state index contributed by atoms with van der Waals surface area (Å²) in [6, 6.07) is 4.56. The Morgan fingerprint density at radius 1 is 1.39 bits per heavy atom. The van der Waals surface area contributed by atoms with Crippen LogP contribution in [0.25, 0.3) is 0 Å². The number of rotatable bonds is 4. The van der Waals surface area contributed by atoms with Crippen LogP contribution in [-0.2, 0) is 4.79 Å². The summed E-state index contributed by atoms with van der Waals surface area (Å²) in [5, 5.41) is 5.15. The summed E-state index contributed by atoms with van der Waals surface area (Å²) in [4.78, 5) is 15.9. The van der Waals surface area contributed by atoms with Crippen molar-refractivity contribution >= 4 is 17.2 Å². The summed E-state index contributed by atoms with van der Waals surface area (Å²) in [5.41, 5.74) is 0. The van der Waals surface area contributed by atoms with Gasteiger partial charge in [0.1, 0.15) is 0 Å². The first-order chi connectivity index (χ1) is 11.2. The lowest BCUT2D eigenvalue weighted by molar-refractivity contribution is -0.116. The highest BCUT2D eigenvalue weighted by molar-refractivity contribution is 7.10. The zero-order valence-corrected chi connectivity index (χ0v) is 14.7. The first kappa shape index (κ1) is 16.5. The highest BCUT2D eigenvalue weighted by Crippen LogP contribution is 2.29. The van der Waals surface area contributed by atoms with Gasteiger partial charge in [-0.1, -0.05) is 25.3 Å². The summed E-state index contributed by atoms with van der Waals surface area (Å²) >= 11 is 1.78. The monoisotopic (exact) mass is 330 g/mol. The lowest BCUT2D eigenvalue weighted by Gasteiger charge is -2.36. The smallest absolute Gasteiger partial charge is 0.295 e. The zero-order valence-electron chi connectivity index (χ0n) is 13.9. The molecule has 0 unspecified atom stereocenters. The Bertz CT molecular complexity index is 560. The molecule has 1 aromatic heterocycles. The molecule has 1 atom stereocenters. The number of piperidine rings is 1. The van der Waals surface area contributed by atoms with Crippen molar-refractivity contribution in [2.24, 2.45) is 11.8 Å². The van der Waals surface area contributed by atoms with Gasteiger partial charge in [0.25, 0.3) is 5.91 Å². The lowest BCUT2D eigenvalue weighted by Crippen LogP contribution is -2.41. The highest BCUT2D eigenvalue weighted by Gasteiger charge is 2.25. The van der Waals surface area contributed by atoms with Gasteiger partial charge in [0.15, 0.2) is 0 Å². The second-order valence-corrected chi connectivity index (χ2v) is 7.84. The largest absolute Gasteiger partial charge is 0.343 e. The average molecular weight is 330 g/mol. The van der Waals surface area contributed by atoms with E-state index in [0.29, 0.717) is 12.5 Å². The Morgan fingerprint density at radius 3 is 2.78 bits per heavy atom. The third-order valence-electron chi connectivity index (χ3n) is 5.08. The molecule has 1 saturated carbocycles. The fourth-order valence-corrected chi connectivity index (χ4v) is 4.05. The van der Waals surface area contributed by atoms with Crippen LogP contribution in [0.1, 0.15) is 49.9 Å². The van der Waals surface area contributed by atoms with Gasteiger partial charge in [-0.25, -0.2) is 0 Å². The summed E-state index contributed by atoms with van der Waals surface area (Å²) in [5.74, 6) is 7.02. The van der Waals surface area contributed by atoms with Crippen molar-refractivity contribution in [1.82, 2.24) is 10.2 Å². The minimum atomic E-state index is -0.121. The average Bonchev–Trinajstić information content (AvgIpc) is 3.02. The molecule has 0 radical (unpaired) electrons. The van der Waals surface area contributed by atoms with Crippen LogP contribution in [0.5, 0.6) is 0 Å². The topological polar surface area (TPSA) is 32.3 Å². The van der Waals surface area contributed by atoms with Crippen molar-refractivity contribution < 1.29 is 4.79 Å². The molecule has 124 valence electrons. The van der Waals surface area contributed by atoms with E-state index in [0.717, 1.165) is 31.8 Å². The molecule has 2 heterocycles. The maximum Gasteiger partial charge on any atom is 0.295 e. The molecule has 0 spiro atoms. The number of thiophene rings is 1. The molecular formula is C19H26N2OS. The van der Waals surface area contributed by atoms with E-state index < -0.39 is 0 Å². The number of hydrogen-bond acceptors (Lipinski definition) is 3. The van der Waals surface area contributed by atoms with Crippen LogP contribution < -0.4 is 5.32 Å². The normalized spacial score (nSPS) is 21.1. The molecule has 1 saturated heterocycles. The van der Waals surface area contributed by atoms with Crippen LogP contribution in [0.3, 0.4) is 0 Å². The number of amides is 1. The molecule has 3 rings (SSSR count). The summed E-state index contributed by atoms with van der Waals surface area (Å²) in [6.07, 6.45) is 6.07. The first-order valence-corrected chi connectivity index (χ1v) is 9.67. The van der Waals surface area contributed by atoms with Crippen LogP contribution in [0.4, 0.5) is 0 Å². The van der Waals surface area contributed by atoms with Crippen molar-refractivity contribution in [1.29, 1.82) is 0 Å². The maximum atomic E-state index is 12.0. The van der Waals surface area contributed by atoms with Crippen molar-refractivity contribution in [3.05, 3.63) is 22.4 Å². The second-order valence-electron chi connectivity index (χ2n) is 6.86. The molecule has 1 aromatic rings. The van der Waals surface area contributed by atoms with Crippen LogP contribution in [0, 0.1) is 23.7 Å². The van der Waals surface area contributed by atoms with Gasteiger partial charge in [0.05, 0.1) is 6.04 Å². The minimum Gasteiger partial charge on any atom is -0.343 e. The van der Waals surface area contributed by atoms with Gasteiger partial charge in [0.2, 0.25) is 0 Å². The Kier molecular flexibility index (Phi) is 5.75. The summed E-state index contributed by atoms with van der Waals surface area (Å²) < 4.78 is 0. The number of nitrogens with one attached hydrogen (secondary N) is 1. The third-order valence-corrected chi connectivity index (χ3v) is 6.06. The van der Waals surface area contributed by atoms with Gasteiger partial charge in [-0.2, -0.15) is 0 Å². The van der Waals surface area contributed by atoms with Gasteiger partial charge in [0, 0.05) is 17.3 Å². The number of nitrogens with zero attached hydrogens (tertiary/aromatic N) is 1. The highest BCUT2D eigenvalue weighted by atomic mass is 32.1. The van der Waals surface area contributed by atoms with Gasteiger partial charge in [-0.15, -0.1) is 11.3 Å².